The van der Waals surface area contributed by atoms with E-state index in [9.17, 15) is 13.5 Å². The van der Waals surface area contributed by atoms with E-state index in [0.717, 1.165) is 21.7 Å². The predicted molar refractivity (Wildman–Crippen MR) is 202 cm³/mol. The average molecular weight is 701 g/mol. The Morgan fingerprint density at radius 1 is 0.796 bits per heavy atom. The molecule has 6 nitrogen and oxygen atoms in total. The molecule has 0 spiro atoms. The van der Waals surface area contributed by atoms with Gasteiger partial charge >= 0.3 is 0 Å². The zero-order chi connectivity index (χ0) is 35.9. The van der Waals surface area contributed by atoms with Crippen molar-refractivity contribution in [1.29, 1.82) is 0 Å². The Morgan fingerprint density at radius 3 is 1.73 bits per heavy atom. The van der Waals surface area contributed by atoms with Crippen molar-refractivity contribution < 1.29 is 27.4 Å². The molecule has 49 heavy (non-hydrogen) atoms. The Kier molecular flexibility index (Phi) is 12.5. The minimum absolute atomic E-state index is 0.114. The third-order valence-electron chi connectivity index (χ3n) is 9.58. The molecule has 4 rings (SSSR count). The van der Waals surface area contributed by atoms with Gasteiger partial charge in [0.05, 0.1) is 36.1 Å². The van der Waals surface area contributed by atoms with Crippen molar-refractivity contribution in [2.75, 3.05) is 13.7 Å². The Labute approximate surface area is 294 Å². The fourth-order valence-corrected chi connectivity index (χ4v) is 13.7. The van der Waals surface area contributed by atoms with Gasteiger partial charge in [-0.15, -0.1) is 6.58 Å². The van der Waals surface area contributed by atoms with Crippen LogP contribution in [0.2, 0.25) is 5.04 Å². The smallest absolute Gasteiger partial charge is 0.261 e. The van der Waals surface area contributed by atoms with Crippen molar-refractivity contribution in [1.82, 2.24) is 0 Å². The number of aliphatic hydroxyl groups is 1. The van der Waals surface area contributed by atoms with Gasteiger partial charge in [0.1, 0.15) is 5.75 Å². The molecule has 4 aromatic rings. The highest BCUT2D eigenvalue weighted by Crippen LogP contribution is 2.40. The number of ether oxygens (including phenoxy) is 2. The Morgan fingerprint density at radius 2 is 1.29 bits per heavy atom. The summed E-state index contributed by atoms with van der Waals surface area (Å²) in [5, 5.41) is 13.0. The van der Waals surface area contributed by atoms with E-state index >= 15 is 0 Å². The monoisotopic (exact) mass is 700 g/mol. The second kappa shape index (κ2) is 16.0. The van der Waals surface area contributed by atoms with Gasteiger partial charge in [-0.3, -0.25) is 0 Å². The van der Waals surface area contributed by atoms with E-state index in [1.807, 2.05) is 81.4 Å². The van der Waals surface area contributed by atoms with Crippen LogP contribution in [0, 0.1) is 11.3 Å². The molecule has 0 amide bonds. The molecule has 0 aliphatic rings. The lowest BCUT2D eigenvalue weighted by Crippen LogP contribution is -2.67. The fourth-order valence-electron chi connectivity index (χ4n) is 6.75. The molecule has 0 saturated heterocycles. The Hall–Kier alpha value is -3.53. The van der Waals surface area contributed by atoms with Crippen molar-refractivity contribution in [2.24, 2.45) is 11.3 Å². The molecule has 4 atom stereocenters. The average Bonchev–Trinajstić information content (AvgIpc) is 3.09. The molecule has 0 aliphatic heterocycles. The summed E-state index contributed by atoms with van der Waals surface area (Å²) in [5.41, 5.74) is -0.134. The highest BCUT2D eigenvalue weighted by molar-refractivity contribution is 7.92. The molecular weight excluding hydrogens is 649 g/mol. The number of methoxy groups -OCH3 is 1. The van der Waals surface area contributed by atoms with E-state index in [2.05, 4.69) is 51.6 Å². The lowest BCUT2D eigenvalue weighted by atomic mass is 9.77. The standard InChI is InChI=1S/C41H52O6SSi/c1-9-37(46-30-32-25-27-33(45-8)28-26-32)41(6,7)39(42)38(48(43,44)34-19-13-10-14-20-34)31(2)29-47-49(40(3,4)5,35-21-15-11-16-22-35)36-23-17-12-18-24-36/h9-28,31,37-39,42H,1,29-30H2,2-8H3/t31-,37+,38?,39?/m1/s1. The zero-order valence-corrected chi connectivity index (χ0v) is 31.7. The van der Waals surface area contributed by atoms with Gasteiger partial charge in [-0.1, -0.05) is 139 Å². The van der Waals surface area contributed by atoms with Crippen LogP contribution in [0.1, 0.15) is 47.1 Å². The molecule has 0 fully saturated rings. The van der Waals surface area contributed by atoms with Crippen LogP contribution in [0.4, 0.5) is 0 Å². The summed E-state index contributed by atoms with van der Waals surface area (Å²) >= 11 is 0. The van der Waals surface area contributed by atoms with Crippen molar-refractivity contribution in [3.8, 4) is 5.75 Å². The number of rotatable bonds is 16. The summed E-state index contributed by atoms with van der Waals surface area (Å²) in [6.45, 7) is 16.5. The molecular formula is C41H52O6SSi. The maximum Gasteiger partial charge on any atom is 0.261 e. The maximum atomic E-state index is 14.6. The van der Waals surface area contributed by atoms with Gasteiger partial charge in [0.2, 0.25) is 0 Å². The first-order chi connectivity index (χ1) is 23.2. The number of benzene rings is 4. The van der Waals surface area contributed by atoms with Gasteiger partial charge < -0.3 is 19.0 Å². The van der Waals surface area contributed by atoms with Crippen LogP contribution in [0.15, 0.2) is 133 Å². The number of aliphatic hydroxyl groups excluding tert-OH is 1. The largest absolute Gasteiger partial charge is 0.497 e. The highest BCUT2D eigenvalue weighted by atomic mass is 32.2. The number of hydrogen-bond acceptors (Lipinski definition) is 6. The summed E-state index contributed by atoms with van der Waals surface area (Å²) in [7, 11) is -5.42. The number of hydrogen-bond donors (Lipinski definition) is 1. The second-order valence-corrected chi connectivity index (χ2v) is 20.8. The molecule has 2 unspecified atom stereocenters. The summed E-state index contributed by atoms with van der Waals surface area (Å²) in [6.07, 6.45) is -0.361. The van der Waals surface area contributed by atoms with Crippen molar-refractivity contribution in [3.63, 3.8) is 0 Å². The molecule has 0 aliphatic carbocycles. The van der Waals surface area contributed by atoms with Gasteiger partial charge in [0, 0.05) is 12.0 Å². The maximum absolute atomic E-state index is 14.6. The van der Waals surface area contributed by atoms with E-state index in [1.165, 1.54) is 0 Å². The molecule has 1 N–H and O–H groups in total. The minimum atomic E-state index is -4.05. The van der Waals surface area contributed by atoms with Crippen LogP contribution >= 0.6 is 0 Å². The molecule has 262 valence electrons. The summed E-state index contributed by atoms with van der Waals surface area (Å²) < 4.78 is 48.0. The quantitative estimate of drug-likeness (QED) is 0.0984. The molecule has 0 radical (unpaired) electrons. The van der Waals surface area contributed by atoms with Crippen LogP contribution in [0.5, 0.6) is 5.75 Å². The molecule has 4 aromatic carbocycles. The molecule has 0 bridgehead atoms. The Bertz CT molecular complexity index is 1680. The second-order valence-electron chi connectivity index (χ2n) is 14.4. The first-order valence-corrected chi connectivity index (χ1v) is 20.2. The zero-order valence-electron chi connectivity index (χ0n) is 29.9. The lowest BCUT2D eigenvalue weighted by Gasteiger charge is -2.45. The van der Waals surface area contributed by atoms with E-state index < -0.39 is 46.9 Å². The summed E-state index contributed by atoms with van der Waals surface area (Å²) in [5.74, 6) is 0.135. The summed E-state index contributed by atoms with van der Waals surface area (Å²) in [6, 6.07) is 36.4. The number of sulfone groups is 1. The van der Waals surface area contributed by atoms with E-state index in [0.29, 0.717) is 0 Å². The fraction of sp³-hybridized carbons (Fsp3) is 0.366. The lowest BCUT2D eigenvalue weighted by molar-refractivity contribution is -0.0742. The molecule has 0 heterocycles. The van der Waals surface area contributed by atoms with E-state index in [4.69, 9.17) is 13.9 Å². The van der Waals surface area contributed by atoms with Crippen LogP contribution in [-0.4, -0.2) is 53.0 Å². The minimum Gasteiger partial charge on any atom is -0.497 e. The van der Waals surface area contributed by atoms with Gasteiger partial charge in [0.15, 0.2) is 9.84 Å². The van der Waals surface area contributed by atoms with Crippen molar-refractivity contribution in [2.45, 2.75) is 75.5 Å². The van der Waals surface area contributed by atoms with Crippen LogP contribution in [0.3, 0.4) is 0 Å². The predicted octanol–water partition coefficient (Wildman–Crippen LogP) is 7.21. The highest BCUT2D eigenvalue weighted by Gasteiger charge is 2.52. The normalized spacial score (nSPS) is 15.2. The SMILES string of the molecule is C=C[C@H](OCc1ccc(OC)cc1)C(C)(C)C(O)C([C@H](C)CO[Si](c1ccccc1)(c1ccccc1)C(C)(C)C)S(=O)(=O)c1ccccc1. The molecule has 0 saturated carbocycles. The van der Waals surface area contributed by atoms with Crippen LogP contribution in [-0.2, 0) is 25.6 Å². The van der Waals surface area contributed by atoms with Crippen LogP contribution < -0.4 is 15.1 Å². The van der Waals surface area contributed by atoms with E-state index in [-0.39, 0.29) is 23.1 Å². The van der Waals surface area contributed by atoms with Gasteiger partial charge in [-0.05, 0) is 51.2 Å². The molecule has 0 aromatic heterocycles. The first-order valence-electron chi connectivity index (χ1n) is 16.8. The first kappa shape index (κ1) is 38.3. The van der Waals surface area contributed by atoms with Crippen LogP contribution in [0.25, 0.3) is 0 Å². The third kappa shape index (κ3) is 8.27. The van der Waals surface area contributed by atoms with Gasteiger partial charge in [0.25, 0.3) is 8.32 Å². The van der Waals surface area contributed by atoms with Crippen molar-refractivity contribution in [3.05, 3.63) is 133 Å². The van der Waals surface area contributed by atoms with Gasteiger partial charge in [-0.25, -0.2) is 8.42 Å². The Balaban J connectivity index is 1.73. The summed E-state index contributed by atoms with van der Waals surface area (Å²) in [4.78, 5) is 0.154. The molecule has 8 heteroatoms. The van der Waals surface area contributed by atoms with E-state index in [1.54, 1.807) is 43.5 Å². The van der Waals surface area contributed by atoms with Gasteiger partial charge in [-0.2, -0.15) is 0 Å². The topological polar surface area (TPSA) is 82.1 Å². The van der Waals surface area contributed by atoms with Crippen molar-refractivity contribution >= 4 is 28.5 Å². The third-order valence-corrected chi connectivity index (χ3v) is 17.0.